The molecule has 0 radical (unpaired) electrons. The van der Waals surface area contributed by atoms with Crippen LogP contribution >= 0.6 is 0 Å². The SMILES string of the molecule is CC(C)=C(O)[C@H]1OC(=O)[C@@H](O)[C@H]1O. The summed E-state index contributed by atoms with van der Waals surface area (Å²) in [7, 11) is 0. The third kappa shape index (κ3) is 1.66. The number of carbonyl (C=O) groups excluding carboxylic acids is 1. The van der Waals surface area contributed by atoms with Crippen molar-refractivity contribution in [3.8, 4) is 0 Å². The van der Waals surface area contributed by atoms with Gasteiger partial charge in [0.15, 0.2) is 12.2 Å². The number of aliphatic hydroxyl groups excluding tert-OH is 3. The summed E-state index contributed by atoms with van der Waals surface area (Å²) in [5, 5.41) is 27.6. The van der Waals surface area contributed by atoms with Crippen LogP contribution in [0.3, 0.4) is 0 Å². The molecule has 5 nitrogen and oxygen atoms in total. The minimum Gasteiger partial charge on any atom is -0.508 e. The summed E-state index contributed by atoms with van der Waals surface area (Å²) in [4.78, 5) is 10.8. The average Bonchev–Trinajstić information content (AvgIpc) is 2.31. The Balaban J connectivity index is 2.86. The Morgan fingerprint density at radius 2 is 1.92 bits per heavy atom. The first-order chi connectivity index (χ1) is 5.95. The van der Waals surface area contributed by atoms with E-state index < -0.39 is 24.3 Å². The van der Waals surface area contributed by atoms with Crippen LogP contribution in [-0.2, 0) is 9.53 Å². The Hall–Kier alpha value is -1.07. The highest BCUT2D eigenvalue weighted by Gasteiger charge is 2.44. The third-order valence-corrected chi connectivity index (χ3v) is 1.90. The monoisotopic (exact) mass is 188 g/mol. The standard InChI is InChI=1S/C8H12O5/c1-3(2)4(9)7-5(10)6(11)8(12)13-7/h5-7,9-11H,1-2H3/t5-,6+,7-/m1/s1. The van der Waals surface area contributed by atoms with Crippen LogP contribution in [0.4, 0.5) is 0 Å². The second-order valence-electron chi connectivity index (χ2n) is 3.18. The lowest BCUT2D eigenvalue weighted by Gasteiger charge is -2.13. The van der Waals surface area contributed by atoms with E-state index in [-0.39, 0.29) is 5.76 Å². The van der Waals surface area contributed by atoms with E-state index >= 15 is 0 Å². The van der Waals surface area contributed by atoms with Crippen LogP contribution < -0.4 is 0 Å². The van der Waals surface area contributed by atoms with Crippen molar-refractivity contribution in [1.82, 2.24) is 0 Å². The van der Waals surface area contributed by atoms with Crippen molar-refractivity contribution < 1.29 is 24.9 Å². The predicted octanol–water partition coefficient (Wildman–Crippen LogP) is -0.515. The number of rotatable bonds is 1. The molecule has 0 saturated carbocycles. The largest absolute Gasteiger partial charge is 0.508 e. The maximum atomic E-state index is 10.8. The summed E-state index contributed by atoms with van der Waals surface area (Å²) in [6.45, 7) is 3.22. The lowest BCUT2D eigenvalue weighted by molar-refractivity contribution is -0.147. The van der Waals surface area contributed by atoms with Crippen molar-refractivity contribution in [2.75, 3.05) is 0 Å². The molecule has 0 bridgehead atoms. The van der Waals surface area contributed by atoms with Gasteiger partial charge in [-0.05, 0) is 19.4 Å². The molecule has 1 aliphatic heterocycles. The van der Waals surface area contributed by atoms with Crippen molar-refractivity contribution in [2.45, 2.75) is 32.2 Å². The van der Waals surface area contributed by atoms with Crippen molar-refractivity contribution in [3.63, 3.8) is 0 Å². The first kappa shape index (κ1) is 10.0. The molecule has 0 amide bonds. The molecule has 0 aliphatic carbocycles. The molecular weight excluding hydrogens is 176 g/mol. The molecule has 1 fully saturated rings. The summed E-state index contributed by atoms with van der Waals surface area (Å²) in [5.74, 6) is -1.12. The molecule has 0 unspecified atom stereocenters. The number of hydrogen-bond acceptors (Lipinski definition) is 5. The maximum Gasteiger partial charge on any atom is 0.338 e. The lowest BCUT2D eigenvalue weighted by atomic mass is 10.1. The maximum absolute atomic E-state index is 10.8. The molecule has 0 aromatic rings. The van der Waals surface area contributed by atoms with Crippen LogP contribution in [0.2, 0.25) is 0 Å². The number of aliphatic hydroxyl groups is 3. The van der Waals surface area contributed by atoms with Crippen molar-refractivity contribution in [2.24, 2.45) is 0 Å². The smallest absolute Gasteiger partial charge is 0.338 e. The Morgan fingerprint density at radius 1 is 1.38 bits per heavy atom. The van der Waals surface area contributed by atoms with Crippen molar-refractivity contribution in [1.29, 1.82) is 0 Å². The Bertz CT molecular complexity index is 253. The van der Waals surface area contributed by atoms with Gasteiger partial charge in [-0.1, -0.05) is 0 Å². The molecule has 74 valence electrons. The quantitative estimate of drug-likeness (QED) is 0.381. The summed E-state index contributed by atoms with van der Waals surface area (Å²) < 4.78 is 4.56. The number of allylic oxidation sites excluding steroid dienone is 1. The zero-order chi connectivity index (χ0) is 10.2. The molecule has 3 N–H and O–H groups in total. The highest BCUT2D eigenvalue weighted by molar-refractivity contribution is 5.78. The summed E-state index contributed by atoms with van der Waals surface area (Å²) in [6.07, 6.45) is -4.08. The predicted molar refractivity (Wildman–Crippen MR) is 42.9 cm³/mol. The second kappa shape index (κ2) is 3.35. The van der Waals surface area contributed by atoms with Crippen LogP contribution in [0.5, 0.6) is 0 Å². The summed E-state index contributed by atoms with van der Waals surface area (Å²) >= 11 is 0. The molecule has 1 saturated heterocycles. The molecule has 1 heterocycles. The molecule has 1 aliphatic rings. The van der Waals surface area contributed by atoms with Crippen molar-refractivity contribution >= 4 is 5.97 Å². The Kier molecular flexibility index (Phi) is 2.58. The van der Waals surface area contributed by atoms with Gasteiger partial charge in [-0.15, -0.1) is 0 Å². The summed E-state index contributed by atoms with van der Waals surface area (Å²) in [5.41, 5.74) is 0.533. The molecule has 3 atom stereocenters. The van der Waals surface area contributed by atoms with Crippen LogP contribution in [0.15, 0.2) is 11.3 Å². The van der Waals surface area contributed by atoms with E-state index in [1.54, 1.807) is 13.8 Å². The van der Waals surface area contributed by atoms with Crippen molar-refractivity contribution in [3.05, 3.63) is 11.3 Å². The minimum absolute atomic E-state index is 0.211. The van der Waals surface area contributed by atoms with Gasteiger partial charge in [0.25, 0.3) is 0 Å². The van der Waals surface area contributed by atoms with Gasteiger partial charge in [-0.25, -0.2) is 4.79 Å². The first-order valence-corrected chi connectivity index (χ1v) is 3.88. The lowest BCUT2D eigenvalue weighted by Crippen LogP contribution is -2.32. The number of carbonyl (C=O) groups is 1. The first-order valence-electron chi connectivity index (χ1n) is 3.88. The second-order valence-corrected chi connectivity index (χ2v) is 3.18. The zero-order valence-electron chi connectivity index (χ0n) is 7.39. The van der Waals surface area contributed by atoms with Gasteiger partial charge in [-0.2, -0.15) is 0 Å². The average molecular weight is 188 g/mol. The Morgan fingerprint density at radius 3 is 2.23 bits per heavy atom. The molecule has 0 spiro atoms. The van der Waals surface area contributed by atoms with E-state index in [1.165, 1.54) is 0 Å². The van der Waals surface area contributed by atoms with Gasteiger partial charge >= 0.3 is 5.97 Å². The van der Waals surface area contributed by atoms with Crippen LogP contribution in [0.25, 0.3) is 0 Å². The van der Waals surface area contributed by atoms with Gasteiger partial charge in [0.1, 0.15) is 11.9 Å². The van der Waals surface area contributed by atoms with E-state index in [4.69, 9.17) is 5.11 Å². The minimum atomic E-state index is -1.56. The van der Waals surface area contributed by atoms with Gasteiger partial charge in [0, 0.05) is 0 Å². The highest BCUT2D eigenvalue weighted by Crippen LogP contribution is 2.22. The number of cyclic esters (lactones) is 1. The van der Waals surface area contributed by atoms with Gasteiger partial charge < -0.3 is 20.1 Å². The third-order valence-electron chi connectivity index (χ3n) is 1.90. The number of esters is 1. The van der Waals surface area contributed by atoms with Gasteiger partial charge in [-0.3, -0.25) is 0 Å². The van der Waals surface area contributed by atoms with Crippen LogP contribution in [0, 0.1) is 0 Å². The number of hydrogen-bond donors (Lipinski definition) is 3. The fraction of sp³-hybridized carbons (Fsp3) is 0.625. The normalized spacial score (nSPS) is 32.9. The van der Waals surface area contributed by atoms with E-state index in [1.807, 2.05) is 0 Å². The molecule has 0 aromatic carbocycles. The Labute approximate surface area is 75.3 Å². The fourth-order valence-electron chi connectivity index (χ4n) is 1.07. The molecular formula is C8H12O5. The van der Waals surface area contributed by atoms with Crippen LogP contribution in [-0.4, -0.2) is 39.6 Å². The molecule has 0 aromatic heterocycles. The van der Waals surface area contributed by atoms with E-state index in [9.17, 15) is 15.0 Å². The molecule has 13 heavy (non-hydrogen) atoms. The molecule has 5 heteroatoms. The fourth-order valence-corrected chi connectivity index (χ4v) is 1.07. The van der Waals surface area contributed by atoms with Gasteiger partial charge in [0.05, 0.1) is 0 Å². The zero-order valence-corrected chi connectivity index (χ0v) is 7.39. The highest BCUT2D eigenvalue weighted by atomic mass is 16.6. The molecule has 1 rings (SSSR count). The van der Waals surface area contributed by atoms with E-state index in [0.717, 1.165) is 0 Å². The number of ether oxygens (including phenoxy) is 1. The van der Waals surface area contributed by atoms with E-state index in [0.29, 0.717) is 5.57 Å². The van der Waals surface area contributed by atoms with Crippen LogP contribution in [0.1, 0.15) is 13.8 Å². The topological polar surface area (TPSA) is 87.0 Å². The van der Waals surface area contributed by atoms with E-state index in [2.05, 4.69) is 4.74 Å². The van der Waals surface area contributed by atoms with Gasteiger partial charge in [0.2, 0.25) is 0 Å². The summed E-state index contributed by atoms with van der Waals surface area (Å²) in [6, 6.07) is 0.